The lowest BCUT2D eigenvalue weighted by atomic mass is 10.1. The number of hydrogen-bond acceptors (Lipinski definition) is 7. The first kappa shape index (κ1) is 18.3. The predicted molar refractivity (Wildman–Crippen MR) is 104 cm³/mol. The van der Waals surface area contributed by atoms with Crippen molar-refractivity contribution in [2.24, 2.45) is 0 Å². The topological polar surface area (TPSA) is 78.6 Å². The number of benzene rings is 2. The van der Waals surface area contributed by atoms with Crippen LogP contribution in [0, 0.1) is 0 Å². The Hall–Kier alpha value is -3.06. The standard InChI is InChI=1S/C21H23N3O4/c1-25-16-9-10-17(19(11-16)26-2)21-23-20(28-24-21)12-22-15-8-7-14-5-3-4-6-18(14)27-13-15/h3-6,9-11,15,22H,7-8,12-13H2,1-2H3. The zero-order valence-corrected chi connectivity index (χ0v) is 16.0. The first-order valence-electron chi connectivity index (χ1n) is 9.26. The zero-order valence-electron chi connectivity index (χ0n) is 16.0. The van der Waals surface area contributed by atoms with Gasteiger partial charge in [-0.2, -0.15) is 4.98 Å². The van der Waals surface area contributed by atoms with Gasteiger partial charge in [-0.25, -0.2) is 0 Å². The molecule has 0 spiro atoms. The van der Waals surface area contributed by atoms with E-state index >= 15 is 0 Å². The van der Waals surface area contributed by atoms with Gasteiger partial charge in [0.25, 0.3) is 0 Å². The van der Waals surface area contributed by atoms with Crippen LogP contribution < -0.4 is 19.5 Å². The van der Waals surface area contributed by atoms with Crippen LogP contribution >= 0.6 is 0 Å². The Morgan fingerprint density at radius 3 is 2.89 bits per heavy atom. The summed E-state index contributed by atoms with van der Waals surface area (Å²) < 4.78 is 22.0. The third kappa shape index (κ3) is 3.94. The Balaban J connectivity index is 1.39. The lowest BCUT2D eigenvalue weighted by molar-refractivity contribution is 0.259. The third-order valence-electron chi connectivity index (χ3n) is 4.83. The van der Waals surface area contributed by atoms with Crippen LogP contribution in [-0.2, 0) is 13.0 Å². The fraction of sp³-hybridized carbons (Fsp3) is 0.333. The highest BCUT2D eigenvalue weighted by Gasteiger charge is 2.18. The van der Waals surface area contributed by atoms with E-state index in [9.17, 15) is 0 Å². The Morgan fingerprint density at radius 1 is 1.14 bits per heavy atom. The second-order valence-corrected chi connectivity index (χ2v) is 6.61. The second kappa shape index (κ2) is 8.31. The van der Waals surface area contributed by atoms with Gasteiger partial charge in [0, 0.05) is 12.1 Å². The third-order valence-corrected chi connectivity index (χ3v) is 4.83. The fourth-order valence-corrected chi connectivity index (χ4v) is 3.27. The SMILES string of the molecule is COc1ccc(-c2noc(CNC3CCc4ccccc4OC3)n2)c(OC)c1. The van der Waals surface area contributed by atoms with Crippen molar-refractivity contribution in [1.82, 2.24) is 15.5 Å². The van der Waals surface area contributed by atoms with Crippen molar-refractivity contribution in [1.29, 1.82) is 0 Å². The molecule has 1 atom stereocenters. The summed E-state index contributed by atoms with van der Waals surface area (Å²) in [6.45, 7) is 1.10. The number of fused-ring (bicyclic) bond motifs is 1. The van der Waals surface area contributed by atoms with E-state index in [1.54, 1.807) is 20.3 Å². The van der Waals surface area contributed by atoms with Crippen LogP contribution in [0.2, 0.25) is 0 Å². The molecule has 0 saturated heterocycles. The molecule has 0 fully saturated rings. The van der Waals surface area contributed by atoms with E-state index < -0.39 is 0 Å². The number of aryl methyl sites for hydroxylation is 1. The highest BCUT2D eigenvalue weighted by molar-refractivity contribution is 5.65. The minimum Gasteiger partial charge on any atom is -0.497 e. The molecule has 1 aliphatic heterocycles. The van der Waals surface area contributed by atoms with Gasteiger partial charge >= 0.3 is 0 Å². The first-order valence-corrected chi connectivity index (χ1v) is 9.26. The highest BCUT2D eigenvalue weighted by Crippen LogP contribution is 2.31. The maximum absolute atomic E-state index is 5.92. The number of methoxy groups -OCH3 is 2. The molecule has 7 nitrogen and oxygen atoms in total. The molecule has 0 saturated carbocycles. The molecule has 0 amide bonds. The highest BCUT2D eigenvalue weighted by atomic mass is 16.5. The summed E-state index contributed by atoms with van der Waals surface area (Å²) in [6.07, 6.45) is 1.97. The molecule has 4 rings (SSSR count). The molecule has 1 N–H and O–H groups in total. The molecule has 1 aliphatic rings. The van der Waals surface area contributed by atoms with Gasteiger partial charge in [-0.3, -0.25) is 0 Å². The van der Waals surface area contributed by atoms with Gasteiger partial charge in [-0.15, -0.1) is 0 Å². The molecule has 146 valence electrons. The smallest absolute Gasteiger partial charge is 0.240 e. The van der Waals surface area contributed by atoms with E-state index in [4.69, 9.17) is 18.7 Å². The number of rotatable bonds is 6. The summed E-state index contributed by atoms with van der Waals surface area (Å²) in [6, 6.07) is 13.9. The van der Waals surface area contributed by atoms with Gasteiger partial charge in [0.05, 0.1) is 26.3 Å². The molecule has 1 unspecified atom stereocenters. The molecule has 0 aliphatic carbocycles. The molecule has 2 heterocycles. The molecule has 2 aromatic carbocycles. The van der Waals surface area contributed by atoms with Gasteiger partial charge in [-0.1, -0.05) is 23.4 Å². The summed E-state index contributed by atoms with van der Waals surface area (Å²) in [5, 5.41) is 7.54. The van der Waals surface area contributed by atoms with Crippen LogP contribution in [0.4, 0.5) is 0 Å². The van der Waals surface area contributed by atoms with E-state index in [2.05, 4.69) is 21.5 Å². The lowest BCUT2D eigenvalue weighted by Gasteiger charge is -2.14. The van der Waals surface area contributed by atoms with Crippen molar-refractivity contribution in [3.63, 3.8) is 0 Å². The van der Waals surface area contributed by atoms with Crippen molar-refractivity contribution < 1.29 is 18.7 Å². The Bertz CT molecular complexity index is 914. The van der Waals surface area contributed by atoms with Crippen molar-refractivity contribution in [2.75, 3.05) is 20.8 Å². The average Bonchev–Trinajstić information content (AvgIpc) is 3.12. The molecular weight excluding hydrogens is 358 g/mol. The minimum atomic E-state index is 0.221. The van der Waals surface area contributed by atoms with Gasteiger partial charge in [0.2, 0.25) is 11.7 Å². The van der Waals surface area contributed by atoms with Gasteiger partial charge in [-0.05, 0) is 36.6 Å². The summed E-state index contributed by atoms with van der Waals surface area (Å²) >= 11 is 0. The van der Waals surface area contributed by atoms with Gasteiger partial charge < -0.3 is 24.1 Å². The van der Waals surface area contributed by atoms with E-state index in [1.807, 2.05) is 30.3 Å². The van der Waals surface area contributed by atoms with Crippen LogP contribution in [0.15, 0.2) is 47.0 Å². The summed E-state index contributed by atoms with van der Waals surface area (Å²) in [7, 11) is 3.22. The van der Waals surface area contributed by atoms with E-state index in [-0.39, 0.29) is 6.04 Å². The van der Waals surface area contributed by atoms with Crippen LogP contribution in [0.3, 0.4) is 0 Å². The molecule has 3 aromatic rings. The monoisotopic (exact) mass is 381 g/mol. The van der Waals surface area contributed by atoms with Gasteiger partial charge in [0.1, 0.15) is 23.9 Å². The maximum Gasteiger partial charge on any atom is 0.240 e. The number of para-hydroxylation sites is 1. The average molecular weight is 381 g/mol. The van der Waals surface area contributed by atoms with Crippen molar-refractivity contribution in [2.45, 2.75) is 25.4 Å². The maximum atomic E-state index is 5.92. The summed E-state index contributed by atoms with van der Waals surface area (Å²) in [5.74, 6) is 3.32. The normalized spacial score (nSPS) is 16.0. The zero-order chi connectivity index (χ0) is 19.3. The van der Waals surface area contributed by atoms with Crippen molar-refractivity contribution in [3.8, 4) is 28.6 Å². The van der Waals surface area contributed by atoms with Crippen LogP contribution in [0.5, 0.6) is 17.2 Å². The van der Waals surface area contributed by atoms with Crippen LogP contribution in [-0.4, -0.2) is 37.0 Å². The molecule has 0 radical (unpaired) electrons. The molecular formula is C21H23N3O4. The van der Waals surface area contributed by atoms with Crippen molar-refractivity contribution in [3.05, 3.63) is 53.9 Å². The number of nitrogens with zero attached hydrogens (tertiary/aromatic N) is 2. The quantitative estimate of drug-likeness (QED) is 0.702. The number of nitrogens with one attached hydrogen (secondary N) is 1. The minimum absolute atomic E-state index is 0.221. The second-order valence-electron chi connectivity index (χ2n) is 6.61. The Labute approximate surface area is 163 Å². The summed E-state index contributed by atoms with van der Waals surface area (Å²) in [5.41, 5.74) is 2.00. The van der Waals surface area contributed by atoms with Crippen molar-refractivity contribution >= 4 is 0 Å². The van der Waals surface area contributed by atoms with Gasteiger partial charge in [0.15, 0.2) is 0 Å². The lowest BCUT2D eigenvalue weighted by Crippen LogP contribution is -2.33. The number of aromatic nitrogens is 2. The van der Waals surface area contributed by atoms with E-state index in [0.29, 0.717) is 36.4 Å². The van der Waals surface area contributed by atoms with Crippen LogP contribution in [0.25, 0.3) is 11.4 Å². The molecule has 28 heavy (non-hydrogen) atoms. The fourth-order valence-electron chi connectivity index (χ4n) is 3.27. The molecule has 0 bridgehead atoms. The molecule has 1 aromatic heterocycles. The summed E-state index contributed by atoms with van der Waals surface area (Å²) in [4.78, 5) is 4.49. The number of ether oxygens (including phenoxy) is 3. The molecule has 7 heteroatoms. The van der Waals surface area contributed by atoms with E-state index in [0.717, 1.165) is 24.2 Å². The predicted octanol–water partition coefficient (Wildman–Crippen LogP) is 3.24. The Kier molecular flexibility index (Phi) is 5.43. The van der Waals surface area contributed by atoms with E-state index in [1.165, 1.54) is 5.56 Å². The number of hydrogen-bond donors (Lipinski definition) is 1. The largest absolute Gasteiger partial charge is 0.497 e. The Morgan fingerprint density at radius 2 is 2.04 bits per heavy atom. The van der Waals surface area contributed by atoms with Crippen LogP contribution in [0.1, 0.15) is 17.9 Å². The first-order chi connectivity index (χ1) is 13.8.